The monoisotopic (exact) mass is 687 g/mol. The van der Waals surface area contributed by atoms with Crippen molar-refractivity contribution in [2.75, 3.05) is 18.9 Å². The molecule has 12 heteroatoms. The zero-order valence-corrected chi connectivity index (χ0v) is 28.5. The first-order valence-electron chi connectivity index (χ1n) is 15.9. The number of aromatic carboxylic acids is 1. The smallest absolute Gasteiger partial charge is 0.337 e. The summed E-state index contributed by atoms with van der Waals surface area (Å²) in [6.45, 7) is 0.590. The van der Waals surface area contributed by atoms with Crippen LogP contribution in [0.3, 0.4) is 0 Å². The summed E-state index contributed by atoms with van der Waals surface area (Å²) in [5, 5.41) is 13.0. The number of hydrogen-bond donors (Lipinski definition) is 2. The topological polar surface area (TPSA) is 124 Å². The maximum absolute atomic E-state index is 14.2. The molecular formula is C34H42ClN3O6S2. The van der Waals surface area contributed by atoms with Gasteiger partial charge < -0.3 is 10.4 Å². The molecule has 46 heavy (non-hydrogen) atoms. The minimum Gasteiger partial charge on any atom is -0.478 e. The van der Waals surface area contributed by atoms with Crippen molar-refractivity contribution in [3.8, 4) is 0 Å². The highest BCUT2D eigenvalue weighted by Crippen LogP contribution is 2.33. The third-order valence-electron chi connectivity index (χ3n) is 9.18. The average Bonchev–Trinajstić information content (AvgIpc) is 3.59. The van der Waals surface area contributed by atoms with E-state index in [-0.39, 0.29) is 40.4 Å². The van der Waals surface area contributed by atoms with Crippen molar-refractivity contribution in [2.24, 2.45) is 5.92 Å². The molecule has 3 aromatic rings. The first-order chi connectivity index (χ1) is 22.0. The third kappa shape index (κ3) is 7.94. The zero-order valence-electron chi connectivity index (χ0n) is 26.1. The van der Waals surface area contributed by atoms with E-state index < -0.39 is 26.0 Å². The van der Waals surface area contributed by atoms with E-state index in [0.29, 0.717) is 22.8 Å². The van der Waals surface area contributed by atoms with Gasteiger partial charge in [0.05, 0.1) is 15.4 Å². The Morgan fingerprint density at radius 2 is 1.35 bits per heavy atom. The summed E-state index contributed by atoms with van der Waals surface area (Å²) < 4.78 is 59.3. The molecule has 2 N–H and O–H groups in total. The highest BCUT2D eigenvalue weighted by atomic mass is 35.5. The largest absolute Gasteiger partial charge is 0.478 e. The Morgan fingerprint density at radius 1 is 0.783 bits per heavy atom. The molecule has 5 rings (SSSR count). The van der Waals surface area contributed by atoms with Gasteiger partial charge in [0.2, 0.25) is 20.0 Å². The summed E-state index contributed by atoms with van der Waals surface area (Å²) in [6, 6.07) is 17.4. The van der Waals surface area contributed by atoms with Crippen molar-refractivity contribution in [1.82, 2.24) is 8.61 Å². The van der Waals surface area contributed by atoms with Crippen LogP contribution in [0, 0.1) is 5.92 Å². The Hall–Kier alpha value is -2.96. The number of carboxylic acids is 1. The fraction of sp³-hybridized carbons (Fsp3) is 0.441. The lowest BCUT2D eigenvalue weighted by Crippen LogP contribution is -2.38. The summed E-state index contributed by atoms with van der Waals surface area (Å²) in [5.41, 5.74) is 1.99. The Labute approximate surface area is 277 Å². The molecule has 0 spiro atoms. The molecule has 2 saturated carbocycles. The average molecular weight is 688 g/mol. The van der Waals surface area contributed by atoms with Gasteiger partial charge in [0.1, 0.15) is 0 Å². The van der Waals surface area contributed by atoms with Crippen molar-refractivity contribution >= 4 is 43.3 Å². The van der Waals surface area contributed by atoms with Gasteiger partial charge in [-0.05, 0) is 91.3 Å². The molecule has 0 aromatic heterocycles. The molecule has 0 bridgehead atoms. The molecule has 0 unspecified atom stereocenters. The van der Waals surface area contributed by atoms with Gasteiger partial charge in [-0.3, -0.25) is 0 Å². The van der Waals surface area contributed by atoms with Crippen molar-refractivity contribution < 1.29 is 26.7 Å². The van der Waals surface area contributed by atoms with E-state index in [1.807, 2.05) is 12.1 Å². The van der Waals surface area contributed by atoms with Gasteiger partial charge in [-0.25, -0.2) is 21.6 Å². The number of hydrogen-bond acceptors (Lipinski definition) is 6. The SMILES string of the molecule is CNc1cc(CN(CC2CCCCC2)S(=O)(=O)c2ccc(S(=O)(=O)N(Cc3ccc(Cl)cc3)C3CCCC3)cc2)ccc1C(=O)O. The second-order valence-corrected chi connectivity index (χ2v) is 16.6. The fourth-order valence-electron chi connectivity index (χ4n) is 6.63. The van der Waals surface area contributed by atoms with Gasteiger partial charge in [0.25, 0.3) is 0 Å². The van der Waals surface area contributed by atoms with Crippen LogP contribution in [0.1, 0.15) is 79.3 Å². The minimum atomic E-state index is -4.02. The van der Waals surface area contributed by atoms with E-state index in [0.717, 1.165) is 63.4 Å². The molecule has 2 fully saturated rings. The minimum absolute atomic E-state index is 0.0170. The van der Waals surface area contributed by atoms with Gasteiger partial charge in [-0.15, -0.1) is 0 Å². The predicted molar refractivity (Wildman–Crippen MR) is 180 cm³/mol. The Bertz CT molecular complexity index is 1720. The highest BCUT2D eigenvalue weighted by molar-refractivity contribution is 7.89. The lowest BCUT2D eigenvalue weighted by molar-refractivity contribution is 0.0698. The number of halogens is 1. The van der Waals surface area contributed by atoms with Crippen LogP contribution in [-0.2, 0) is 33.1 Å². The van der Waals surface area contributed by atoms with Crippen LogP contribution in [0.2, 0.25) is 5.02 Å². The number of nitrogens with one attached hydrogen (secondary N) is 1. The Kier molecular flexibility index (Phi) is 11.1. The van der Waals surface area contributed by atoms with Crippen LogP contribution in [0.5, 0.6) is 0 Å². The van der Waals surface area contributed by atoms with Crippen LogP contribution in [-0.4, -0.2) is 56.2 Å². The van der Waals surface area contributed by atoms with E-state index in [9.17, 15) is 26.7 Å². The van der Waals surface area contributed by atoms with Crippen LogP contribution >= 0.6 is 11.6 Å². The molecule has 2 aliphatic carbocycles. The van der Waals surface area contributed by atoms with Crippen molar-refractivity contribution in [3.63, 3.8) is 0 Å². The summed E-state index contributed by atoms with van der Waals surface area (Å²) >= 11 is 6.06. The maximum atomic E-state index is 14.2. The normalized spacial score (nSPS) is 16.7. The van der Waals surface area contributed by atoms with Crippen molar-refractivity contribution in [3.05, 3.63) is 88.4 Å². The summed E-state index contributed by atoms with van der Waals surface area (Å²) in [7, 11) is -6.32. The number of carboxylic acid groups (broad SMARTS) is 1. The number of nitrogens with zero attached hydrogens (tertiary/aromatic N) is 2. The quantitative estimate of drug-likeness (QED) is 0.199. The number of carbonyl (C=O) groups is 1. The molecule has 3 aromatic carbocycles. The first kappa shape index (κ1) is 34.4. The number of rotatable bonds is 13. The predicted octanol–water partition coefficient (Wildman–Crippen LogP) is 6.98. The van der Waals surface area contributed by atoms with Gasteiger partial charge in [0, 0.05) is 43.4 Å². The molecule has 2 aliphatic rings. The first-order valence-corrected chi connectivity index (χ1v) is 19.2. The maximum Gasteiger partial charge on any atom is 0.337 e. The summed E-state index contributed by atoms with van der Waals surface area (Å²) in [6.07, 6.45) is 8.58. The molecule has 0 saturated heterocycles. The van der Waals surface area contributed by atoms with E-state index in [2.05, 4.69) is 5.32 Å². The van der Waals surface area contributed by atoms with Crippen LogP contribution < -0.4 is 5.32 Å². The molecule has 0 amide bonds. The van der Waals surface area contributed by atoms with Gasteiger partial charge in [0.15, 0.2) is 0 Å². The Balaban J connectivity index is 1.43. The molecule has 0 heterocycles. The van der Waals surface area contributed by atoms with Crippen LogP contribution in [0.15, 0.2) is 76.5 Å². The van der Waals surface area contributed by atoms with Crippen LogP contribution in [0.25, 0.3) is 0 Å². The van der Waals surface area contributed by atoms with Crippen LogP contribution in [0.4, 0.5) is 5.69 Å². The molecule has 0 atom stereocenters. The fourth-order valence-corrected chi connectivity index (χ4v) is 9.94. The van der Waals surface area contributed by atoms with Gasteiger partial charge in [-0.1, -0.05) is 61.9 Å². The number of benzene rings is 3. The summed E-state index contributed by atoms with van der Waals surface area (Å²) in [4.78, 5) is 11.7. The summed E-state index contributed by atoms with van der Waals surface area (Å²) in [5.74, 6) is -0.865. The third-order valence-corrected chi connectivity index (χ3v) is 13.2. The zero-order chi connectivity index (χ0) is 32.9. The lowest BCUT2D eigenvalue weighted by atomic mass is 9.89. The van der Waals surface area contributed by atoms with Crippen molar-refractivity contribution in [2.45, 2.75) is 86.7 Å². The van der Waals surface area contributed by atoms with E-state index in [4.69, 9.17) is 11.6 Å². The van der Waals surface area contributed by atoms with Gasteiger partial charge in [-0.2, -0.15) is 8.61 Å². The number of sulfonamides is 2. The van der Waals surface area contributed by atoms with Gasteiger partial charge >= 0.3 is 5.97 Å². The highest BCUT2D eigenvalue weighted by Gasteiger charge is 2.34. The second kappa shape index (κ2) is 14.9. The Morgan fingerprint density at radius 3 is 1.93 bits per heavy atom. The molecule has 0 aliphatic heterocycles. The van der Waals surface area contributed by atoms with Crippen molar-refractivity contribution in [1.29, 1.82) is 0 Å². The molecule has 9 nitrogen and oxygen atoms in total. The number of anilines is 1. The van der Waals surface area contributed by atoms with E-state index >= 15 is 0 Å². The standard InChI is InChI=1S/C34H42ClN3O6S2/c1-36-33-21-27(13-20-32(33)34(39)40)23-37(22-25-7-3-2-4-8-25)45(41,42)30-16-18-31(19-17-30)46(43,44)38(29-9-5-6-10-29)24-26-11-14-28(35)15-12-26/h11-21,25,29,36H,2-10,22-24H2,1H3,(H,39,40). The van der Waals surface area contributed by atoms with E-state index in [1.165, 1.54) is 34.6 Å². The molecule has 248 valence electrons. The molecule has 0 radical (unpaired) electrons. The molecular weight excluding hydrogens is 646 g/mol. The van der Waals surface area contributed by atoms with E-state index in [1.54, 1.807) is 35.6 Å². The lowest BCUT2D eigenvalue weighted by Gasteiger charge is -2.30. The second-order valence-electron chi connectivity index (χ2n) is 12.3.